The summed E-state index contributed by atoms with van der Waals surface area (Å²) in [5, 5.41) is 9.05. The van der Waals surface area contributed by atoms with Gasteiger partial charge in [-0.25, -0.2) is 4.79 Å². The molecule has 0 spiro atoms. The Balaban J connectivity index is 2.19. The lowest BCUT2D eigenvalue weighted by atomic mass is 10.1. The first-order valence-corrected chi connectivity index (χ1v) is 7.33. The van der Waals surface area contributed by atoms with Gasteiger partial charge in [0.15, 0.2) is 0 Å². The number of carbonyl (C=O) groups is 1. The molecule has 2 aromatic rings. The van der Waals surface area contributed by atoms with E-state index in [4.69, 9.17) is 10.00 Å². The molecule has 0 radical (unpaired) electrons. The van der Waals surface area contributed by atoms with Gasteiger partial charge in [0.25, 0.3) is 0 Å². The zero-order chi connectivity index (χ0) is 16.7. The lowest BCUT2D eigenvalue weighted by molar-refractivity contribution is -0.137. The van der Waals surface area contributed by atoms with Gasteiger partial charge in [0.05, 0.1) is 6.61 Å². The van der Waals surface area contributed by atoms with E-state index in [-0.39, 0.29) is 12.2 Å². The van der Waals surface area contributed by atoms with Crippen LogP contribution in [0.25, 0.3) is 6.08 Å². The average molecular weight is 306 g/mol. The van der Waals surface area contributed by atoms with Crippen LogP contribution in [-0.4, -0.2) is 19.6 Å². The molecule has 0 bridgehead atoms. The molecule has 0 aromatic heterocycles. The number of carbonyl (C=O) groups excluding carboxylic acids is 1. The molecule has 0 atom stereocenters. The molecule has 0 unspecified atom stereocenters. The smallest absolute Gasteiger partial charge is 0.348 e. The van der Waals surface area contributed by atoms with Crippen LogP contribution in [-0.2, 0) is 9.53 Å². The Morgan fingerprint density at radius 3 is 2.30 bits per heavy atom. The zero-order valence-corrected chi connectivity index (χ0v) is 13.2. The van der Waals surface area contributed by atoms with Crippen LogP contribution in [0.15, 0.2) is 60.2 Å². The first-order valence-electron chi connectivity index (χ1n) is 7.33. The molecule has 116 valence electrons. The van der Waals surface area contributed by atoms with Crippen LogP contribution in [0, 0.1) is 11.3 Å². The molecular weight excluding hydrogens is 288 g/mol. The van der Waals surface area contributed by atoms with Gasteiger partial charge in [0, 0.05) is 18.4 Å². The van der Waals surface area contributed by atoms with Crippen molar-refractivity contribution in [2.24, 2.45) is 0 Å². The second kappa shape index (κ2) is 7.81. The van der Waals surface area contributed by atoms with Crippen molar-refractivity contribution in [1.29, 1.82) is 5.26 Å². The van der Waals surface area contributed by atoms with Crippen molar-refractivity contribution in [2.75, 3.05) is 18.6 Å². The molecule has 0 aliphatic carbocycles. The molecule has 0 saturated carbocycles. The lowest BCUT2D eigenvalue weighted by Gasteiger charge is -2.19. The van der Waals surface area contributed by atoms with E-state index in [1.54, 1.807) is 6.92 Å². The third-order valence-corrected chi connectivity index (χ3v) is 3.35. The Hall–Kier alpha value is -3.06. The average Bonchev–Trinajstić information content (AvgIpc) is 2.60. The number of hydrogen-bond acceptors (Lipinski definition) is 4. The summed E-state index contributed by atoms with van der Waals surface area (Å²) < 4.78 is 4.85. The quantitative estimate of drug-likeness (QED) is 0.477. The minimum Gasteiger partial charge on any atom is -0.462 e. The largest absolute Gasteiger partial charge is 0.462 e. The Kier molecular flexibility index (Phi) is 5.54. The Morgan fingerprint density at radius 2 is 1.74 bits per heavy atom. The summed E-state index contributed by atoms with van der Waals surface area (Å²) in [6.45, 7) is 1.96. The van der Waals surface area contributed by atoms with E-state index in [9.17, 15) is 4.79 Å². The molecule has 0 aliphatic rings. The van der Waals surface area contributed by atoms with Crippen molar-refractivity contribution in [3.63, 3.8) is 0 Å². The van der Waals surface area contributed by atoms with E-state index in [1.807, 2.05) is 67.7 Å². The second-order valence-corrected chi connectivity index (χ2v) is 4.88. The molecule has 2 rings (SSSR count). The molecule has 0 saturated heterocycles. The maximum atomic E-state index is 11.6. The highest BCUT2D eigenvalue weighted by atomic mass is 16.5. The van der Waals surface area contributed by atoms with E-state index in [0.717, 1.165) is 16.9 Å². The maximum absolute atomic E-state index is 11.6. The number of anilines is 2. The van der Waals surface area contributed by atoms with Gasteiger partial charge in [-0.15, -0.1) is 0 Å². The second-order valence-electron chi connectivity index (χ2n) is 4.88. The van der Waals surface area contributed by atoms with Crippen molar-refractivity contribution in [3.8, 4) is 6.07 Å². The number of nitriles is 1. The number of rotatable bonds is 5. The molecule has 4 nitrogen and oxygen atoms in total. The van der Waals surface area contributed by atoms with E-state index >= 15 is 0 Å². The SMILES string of the molecule is CCOC(=O)C(C#N)=Cc1ccc(N(C)c2ccccc2)cc1. The number of esters is 1. The number of nitrogens with zero attached hydrogens (tertiary/aromatic N) is 2. The van der Waals surface area contributed by atoms with Gasteiger partial charge >= 0.3 is 5.97 Å². The first-order chi connectivity index (χ1) is 11.2. The predicted octanol–water partition coefficient (Wildman–Crippen LogP) is 3.92. The van der Waals surface area contributed by atoms with Gasteiger partial charge in [-0.05, 0) is 42.8 Å². The normalized spacial score (nSPS) is 10.7. The maximum Gasteiger partial charge on any atom is 0.348 e. The minimum absolute atomic E-state index is 0.00369. The number of para-hydroxylation sites is 1. The monoisotopic (exact) mass is 306 g/mol. The van der Waals surface area contributed by atoms with Gasteiger partial charge in [-0.1, -0.05) is 30.3 Å². The van der Waals surface area contributed by atoms with Crippen molar-refractivity contribution in [1.82, 2.24) is 0 Å². The van der Waals surface area contributed by atoms with Crippen molar-refractivity contribution in [2.45, 2.75) is 6.92 Å². The van der Waals surface area contributed by atoms with Crippen molar-refractivity contribution < 1.29 is 9.53 Å². The highest BCUT2D eigenvalue weighted by Gasteiger charge is 2.10. The minimum atomic E-state index is -0.597. The molecule has 4 heteroatoms. The van der Waals surface area contributed by atoms with Gasteiger partial charge < -0.3 is 9.64 Å². The summed E-state index contributed by atoms with van der Waals surface area (Å²) in [5.41, 5.74) is 2.87. The van der Waals surface area contributed by atoms with E-state index < -0.39 is 5.97 Å². The van der Waals surface area contributed by atoms with Crippen molar-refractivity contribution >= 4 is 23.4 Å². The molecule has 0 heterocycles. The van der Waals surface area contributed by atoms with Crippen LogP contribution in [0.5, 0.6) is 0 Å². The lowest BCUT2D eigenvalue weighted by Crippen LogP contribution is -2.09. The molecule has 2 aromatic carbocycles. The zero-order valence-electron chi connectivity index (χ0n) is 13.2. The Bertz CT molecular complexity index is 728. The molecule has 0 aliphatic heterocycles. The summed E-state index contributed by atoms with van der Waals surface area (Å²) >= 11 is 0. The highest BCUT2D eigenvalue weighted by Crippen LogP contribution is 2.23. The fourth-order valence-corrected chi connectivity index (χ4v) is 2.11. The summed E-state index contributed by atoms with van der Waals surface area (Å²) in [6, 6.07) is 19.5. The third-order valence-electron chi connectivity index (χ3n) is 3.35. The third kappa shape index (κ3) is 4.21. The van der Waals surface area contributed by atoms with Crippen LogP contribution in [0.2, 0.25) is 0 Å². The number of hydrogen-bond donors (Lipinski definition) is 0. The Morgan fingerprint density at radius 1 is 1.13 bits per heavy atom. The standard InChI is InChI=1S/C19H18N2O2/c1-3-23-19(22)16(14-20)13-15-9-11-18(12-10-15)21(2)17-7-5-4-6-8-17/h4-13H,3H2,1-2H3. The summed E-state index contributed by atoms with van der Waals surface area (Å²) in [5.74, 6) is -0.597. The van der Waals surface area contributed by atoms with E-state index in [0.29, 0.717) is 0 Å². The van der Waals surface area contributed by atoms with Gasteiger partial charge in [-0.3, -0.25) is 0 Å². The summed E-state index contributed by atoms with van der Waals surface area (Å²) in [4.78, 5) is 13.7. The van der Waals surface area contributed by atoms with Crippen LogP contribution in [0.3, 0.4) is 0 Å². The summed E-state index contributed by atoms with van der Waals surface area (Å²) in [7, 11) is 1.99. The van der Waals surface area contributed by atoms with Crippen LogP contribution in [0.1, 0.15) is 12.5 Å². The molecule has 0 N–H and O–H groups in total. The van der Waals surface area contributed by atoms with Gasteiger partial charge in [-0.2, -0.15) is 5.26 Å². The van der Waals surface area contributed by atoms with Crippen LogP contribution >= 0.6 is 0 Å². The molecule has 0 fully saturated rings. The predicted molar refractivity (Wildman–Crippen MR) is 91.2 cm³/mol. The van der Waals surface area contributed by atoms with Gasteiger partial charge in [0.2, 0.25) is 0 Å². The Labute approximate surface area is 136 Å². The topological polar surface area (TPSA) is 53.3 Å². The molecular formula is C19H18N2O2. The molecule has 23 heavy (non-hydrogen) atoms. The number of benzene rings is 2. The van der Waals surface area contributed by atoms with Crippen LogP contribution in [0.4, 0.5) is 11.4 Å². The van der Waals surface area contributed by atoms with E-state index in [1.165, 1.54) is 6.08 Å². The summed E-state index contributed by atoms with van der Waals surface area (Å²) in [6.07, 6.45) is 1.53. The van der Waals surface area contributed by atoms with E-state index in [2.05, 4.69) is 4.90 Å². The van der Waals surface area contributed by atoms with Gasteiger partial charge in [0.1, 0.15) is 11.6 Å². The fraction of sp³-hybridized carbons (Fsp3) is 0.158. The molecule has 0 amide bonds. The fourth-order valence-electron chi connectivity index (χ4n) is 2.11. The first kappa shape index (κ1) is 16.3. The van der Waals surface area contributed by atoms with Crippen molar-refractivity contribution in [3.05, 3.63) is 65.7 Å². The van der Waals surface area contributed by atoms with Crippen LogP contribution < -0.4 is 4.90 Å². The number of ether oxygens (including phenoxy) is 1. The highest BCUT2D eigenvalue weighted by molar-refractivity contribution is 5.97.